The minimum Gasteiger partial charge on any atom is -0.392 e. The summed E-state index contributed by atoms with van der Waals surface area (Å²) >= 11 is 0.00251. The van der Waals surface area contributed by atoms with Crippen LogP contribution in [0.2, 0.25) is 0 Å². The highest BCUT2D eigenvalue weighted by atomic mass is 32.2. The van der Waals surface area contributed by atoms with Gasteiger partial charge in [-0.15, -0.1) is 0 Å². The maximum absolute atomic E-state index is 12.6. The molecule has 1 rings (SSSR count). The van der Waals surface area contributed by atoms with Gasteiger partial charge in [-0.3, -0.25) is 9.59 Å². The second-order valence-corrected chi connectivity index (χ2v) is 5.67. The zero-order chi connectivity index (χ0) is 15.3. The molecule has 1 heterocycles. The molecule has 0 spiro atoms. The highest BCUT2D eigenvalue weighted by Gasteiger charge is 2.43. The Bertz CT molecular complexity index is 394. The molecular weight excluding hydrogens is 299 g/mol. The Morgan fingerprint density at radius 1 is 1.40 bits per heavy atom. The van der Waals surface area contributed by atoms with E-state index in [0.29, 0.717) is 13.0 Å². The first-order valence-electron chi connectivity index (χ1n) is 5.92. The predicted molar refractivity (Wildman–Crippen MR) is 64.9 cm³/mol. The molecular formula is C11H14F3NO4S. The van der Waals surface area contributed by atoms with Gasteiger partial charge in [0.15, 0.2) is 5.12 Å². The van der Waals surface area contributed by atoms with Crippen LogP contribution in [0.1, 0.15) is 26.2 Å². The number of hydrogen-bond acceptors (Lipinski definition) is 6. The number of alkyl halides is 3. The van der Waals surface area contributed by atoms with Gasteiger partial charge in [-0.05, 0) is 19.4 Å². The first-order valence-corrected chi connectivity index (χ1v) is 6.80. The van der Waals surface area contributed by atoms with E-state index in [1.807, 2.05) is 0 Å². The molecule has 1 aliphatic rings. The third-order valence-electron chi connectivity index (χ3n) is 2.58. The van der Waals surface area contributed by atoms with Crippen molar-refractivity contribution in [1.29, 1.82) is 0 Å². The van der Waals surface area contributed by atoms with Crippen molar-refractivity contribution in [1.82, 2.24) is 5.32 Å². The van der Waals surface area contributed by atoms with Gasteiger partial charge >= 0.3 is 18.1 Å². The molecule has 2 atom stereocenters. The van der Waals surface area contributed by atoms with Crippen molar-refractivity contribution >= 4 is 28.8 Å². The normalized spacial score (nSPS) is 20.5. The first-order chi connectivity index (χ1) is 9.20. The van der Waals surface area contributed by atoms with Crippen LogP contribution in [0.15, 0.2) is 0 Å². The molecule has 0 aromatic carbocycles. The Balaban J connectivity index is 2.53. The second-order valence-electron chi connectivity index (χ2n) is 4.29. The monoisotopic (exact) mass is 313 g/mol. The molecule has 0 radical (unpaired) electrons. The quantitative estimate of drug-likeness (QED) is 0.625. The minimum absolute atomic E-state index is 0.00251. The highest BCUT2D eigenvalue weighted by Crippen LogP contribution is 2.33. The van der Waals surface area contributed by atoms with Crippen molar-refractivity contribution < 1.29 is 32.3 Å². The summed E-state index contributed by atoms with van der Waals surface area (Å²) in [6.45, 7) is 1.57. The summed E-state index contributed by atoms with van der Waals surface area (Å²) in [5.41, 5.74) is 0. The van der Waals surface area contributed by atoms with E-state index in [4.69, 9.17) is 0 Å². The molecule has 5 nitrogen and oxygen atoms in total. The van der Waals surface area contributed by atoms with Gasteiger partial charge in [0, 0.05) is 6.92 Å². The van der Waals surface area contributed by atoms with Crippen molar-refractivity contribution in [2.75, 3.05) is 6.54 Å². The standard InChI is InChI=1S/C11H14F3NO4S/c1-6(16)20-8(11(12,13)14)5-9(17)19-10(18)7-3-2-4-15-7/h7-8,15H,2-5H2,1H3/t7-,8?/m0/s1. The lowest BCUT2D eigenvalue weighted by molar-refractivity contribution is -0.166. The smallest absolute Gasteiger partial charge is 0.392 e. The molecule has 0 aromatic heterocycles. The van der Waals surface area contributed by atoms with Gasteiger partial charge in [0.2, 0.25) is 0 Å². The maximum Gasteiger partial charge on any atom is 0.401 e. The Morgan fingerprint density at radius 2 is 2.05 bits per heavy atom. The highest BCUT2D eigenvalue weighted by molar-refractivity contribution is 8.14. The number of rotatable bonds is 4. The van der Waals surface area contributed by atoms with E-state index in [-0.39, 0.29) is 11.8 Å². The number of hydrogen-bond donors (Lipinski definition) is 1. The number of ether oxygens (including phenoxy) is 1. The Morgan fingerprint density at radius 3 is 2.50 bits per heavy atom. The number of esters is 2. The summed E-state index contributed by atoms with van der Waals surface area (Å²) in [5.74, 6) is -2.15. The summed E-state index contributed by atoms with van der Waals surface area (Å²) in [6, 6.07) is -0.649. The molecule has 1 N–H and O–H groups in total. The van der Waals surface area contributed by atoms with Gasteiger partial charge in [-0.25, -0.2) is 4.79 Å². The molecule has 1 saturated heterocycles. The minimum atomic E-state index is -4.72. The number of carbonyl (C=O) groups excluding carboxylic acids is 3. The van der Waals surface area contributed by atoms with Crippen molar-refractivity contribution in [2.24, 2.45) is 0 Å². The lowest BCUT2D eigenvalue weighted by atomic mass is 10.2. The zero-order valence-electron chi connectivity index (χ0n) is 10.7. The van der Waals surface area contributed by atoms with Crippen LogP contribution in [0.4, 0.5) is 13.2 Å². The summed E-state index contributed by atoms with van der Waals surface area (Å²) in [7, 11) is 0. The van der Waals surface area contributed by atoms with Crippen molar-refractivity contribution in [3.63, 3.8) is 0 Å². The molecule has 0 amide bonds. The van der Waals surface area contributed by atoms with E-state index in [9.17, 15) is 27.6 Å². The molecule has 20 heavy (non-hydrogen) atoms. The number of carbonyl (C=O) groups is 3. The summed E-state index contributed by atoms with van der Waals surface area (Å²) < 4.78 is 42.2. The molecule has 1 fully saturated rings. The topological polar surface area (TPSA) is 72.5 Å². The van der Waals surface area contributed by atoms with Gasteiger partial charge in [0.25, 0.3) is 0 Å². The van der Waals surface area contributed by atoms with Crippen molar-refractivity contribution in [2.45, 2.75) is 43.7 Å². The fourth-order valence-corrected chi connectivity index (χ4v) is 2.44. The van der Waals surface area contributed by atoms with Crippen LogP contribution in [0.25, 0.3) is 0 Å². The average Bonchev–Trinajstić information content (AvgIpc) is 2.79. The average molecular weight is 313 g/mol. The molecule has 0 saturated carbocycles. The summed E-state index contributed by atoms with van der Waals surface area (Å²) in [6.07, 6.45) is -4.56. The van der Waals surface area contributed by atoms with Gasteiger partial charge in [-0.2, -0.15) is 13.2 Å². The molecule has 114 valence electrons. The largest absolute Gasteiger partial charge is 0.401 e. The van der Waals surface area contributed by atoms with Crippen LogP contribution in [0.5, 0.6) is 0 Å². The Labute approximate surface area is 117 Å². The van der Waals surface area contributed by atoms with E-state index in [0.717, 1.165) is 13.3 Å². The summed E-state index contributed by atoms with van der Waals surface area (Å²) in [5, 5.41) is -0.188. The fraction of sp³-hybridized carbons (Fsp3) is 0.727. The third-order valence-corrected chi connectivity index (χ3v) is 3.64. The van der Waals surface area contributed by atoms with Crippen LogP contribution >= 0.6 is 11.8 Å². The van der Waals surface area contributed by atoms with E-state index in [1.54, 1.807) is 0 Å². The van der Waals surface area contributed by atoms with Crippen molar-refractivity contribution in [3.8, 4) is 0 Å². The van der Waals surface area contributed by atoms with Crippen LogP contribution in [-0.4, -0.2) is 41.1 Å². The van der Waals surface area contributed by atoms with Crippen molar-refractivity contribution in [3.05, 3.63) is 0 Å². The Kier molecular flexibility index (Phi) is 6.00. The Hall–Kier alpha value is -1.09. The maximum atomic E-state index is 12.6. The van der Waals surface area contributed by atoms with Crippen LogP contribution in [0.3, 0.4) is 0 Å². The van der Waals surface area contributed by atoms with E-state index < -0.39 is 40.9 Å². The summed E-state index contributed by atoms with van der Waals surface area (Å²) in [4.78, 5) is 33.5. The number of nitrogens with one attached hydrogen (secondary N) is 1. The lowest BCUT2D eigenvalue weighted by Gasteiger charge is -2.17. The van der Waals surface area contributed by atoms with E-state index >= 15 is 0 Å². The van der Waals surface area contributed by atoms with Crippen LogP contribution in [0, 0.1) is 0 Å². The number of thioether (sulfide) groups is 1. The zero-order valence-corrected chi connectivity index (χ0v) is 11.5. The molecule has 9 heteroatoms. The van der Waals surface area contributed by atoms with Gasteiger partial charge < -0.3 is 10.1 Å². The van der Waals surface area contributed by atoms with Crippen LogP contribution < -0.4 is 5.32 Å². The SMILES string of the molecule is CC(=O)SC(CC(=O)OC(=O)[C@@H]1CCCN1)C(F)(F)F. The van der Waals surface area contributed by atoms with Crippen LogP contribution in [-0.2, 0) is 19.1 Å². The molecule has 0 aliphatic carbocycles. The second kappa shape index (κ2) is 7.07. The van der Waals surface area contributed by atoms with Gasteiger partial charge in [0.1, 0.15) is 11.3 Å². The predicted octanol–water partition coefficient (Wildman–Crippen LogP) is 1.41. The fourth-order valence-electron chi connectivity index (χ4n) is 1.69. The third kappa shape index (κ3) is 5.49. The molecule has 1 aliphatic heterocycles. The molecule has 1 unspecified atom stereocenters. The lowest BCUT2D eigenvalue weighted by Crippen LogP contribution is -2.36. The van der Waals surface area contributed by atoms with E-state index in [2.05, 4.69) is 10.1 Å². The molecule has 0 aromatic rings. The molecule has 0 bridgehead atoms. The first kappa shape index (κ1) is 17.0. The van der Waals surface area contributed by atoms with Gasteiger partial charge in [0.05, 0.1) is 6.42 Å². The number of halogens is 3. The van der Waals surface area contributed by atoms with E-state index in [1.165, 1.54) is 0 Å². The van der Waals surface area contributed by atoms with Gasteiger partial charge in [-0.1, -0.05) is 11.8 Å².